The number of pyridine rings is 1. The number of cyclic esters (lactones) is 1. The maximum absolute atomic E-state index is 13.3. The molecular formula is C21H25N7O4. The van der Waals surface area contributed by atoms with Crippen LogP contribution in [-0.4, -0.2) is 84.8 Å². The van der Waals surface area contributed by atoms with Gasteiger partial charge in [0.05, 0.1) is 22.4 Å². The molecule has 32 heavy (non-hydrogen) atoms. The summed E-state index contributed by atoms with van der Waals surface area (Å²) in [6, 6.07) is 5.37. The topological polar surface area (TPSA) is 127 Å². The van der Waals surface area contributed by atoms with Gasteiger partial charge in [-0.25, -0.2) is 9.78 Å². The van der Waals surface area contributed by atoms with Crippen LogP contribution in [0.15, 0.2) is 35.8 Å². The predicted octanol–water partition coefficient (Wildman–Crippen LogP) is 0.236. The van der Waals surface area contributed by atoms with Crippen LogP contribution in [-0.2, 0) is 14.3 Å². The number of rotatable bonds is 5. The molecule has 11 heteroatoms. The van der Waals surface area contributed by atoms with Crippen molar-refractivity contribution in [2.45, 2.75) is 32.3 Å². The Morgan fingerprint density at radius 3 is 2.66 bits per heavy atom. The van der Waals surface area contributed by atoms with Crippen molar-refractivity contribution in [2.75, 3.05) is 32.8 Å². The van der Waals surface area contributed by atoms with Crippen molar-refractivity contribution in [3.8, 4) is 5.82 Å². The Morgan fingerprint density at radius 1 is 1.19 bits per heavy atom. The lowest BCUT2D eigenvalue weighted by Gasteiger charge is -2.38. The first-order valence-electron chi connectivity index (χ1n) is 10.8. The number of piperidine rings is 1. The van der Waals surface area contributed by atoms with Crippen LogP contribution < -0.4 is 0 Å². The Balaban J connectivity index is 1.21. The maximum Gasteiger partial charge on any atom is 0.336 e. The molecule has 3 aliphatic heterocycles. The highest BCUT2D eigenvalue weighted by Gasteiger charge is 2.50. The van der Waals surface area contributed by atoms with Gasteiger partial charge in [-0.3, -0.25) is 4.79 Å². The number of tetrazole rings is 1. The van der Waals surface area contributed by atoms with Crippen LogP contribution in [0, 0.1) is 5.41 Å². The molecule has 1 spiro atoms. The molecule has 0 aromatic carbocycles. The Morgan fingerprint density at radius 2 is 1.97 bits per heavy atom. The molecule has 11 nitrogen and oxygen atoms in total. The highest BCUT2D eigenvalue weighted by atomic mass is 16.5. The van der Waals surface area contributed by atoms with E-state index < -0.39 is 11.5 Å². The van der Waals surface area contributed by atoms with Gasteiger partial charge in [0.1, 0.15) is 19.0 Å². The van der Waals surface area contributed by atoms with Gasteiger partial charge in [-0.05, 0) is 61.8 Å². The number of carbonyl (C=O) groups excluding carboxylic acids is 2. The molecule has 2 aromatic rings. The minimum Gasteiger partial charge on any atom is -0.456 e. The van der Waals surface area contributed by atoms with Gasteiger partial charge in [0.25, 0.3) is 0 Å². The summed E-state index contributed by atoms with van der Waals surface area (Å²) in [5, 5.41) is 21.8. The molecule has 2 saturated heterocycles. The molecule has 2 aromatic heterocycles. The third-order valence-electron chi connectivity index (χ3n) is 6.84. The van der Waals surface area contributed by atoms with Crippen molar-refractivity contribution in [2.24, 2.45) is 5.41 Å². The van der Waals surface area contributed by atoms with E-state index in [1.54, 1.807) is 24.0 Å². The number of aliphatic hydroxyl groups is 1. The molecule has 1 amide bonds. The zero-order valence-corrected chi connectivity index (χ0v) is 17.8. The number of hydrogen-bond acceptors (Lipinski definition) is 9. The Kier molecular flexibility index (Phi) is 5.22. The fourth-order valence-electron chi connectivity index (χ4n) is 4.81. The van der Waals surface area contributed by atoms with E-state index in [0.717, 1.165) is 32.4 Å². The maximum atomic E-state index is 13.3. The molecule has 0 aliphatic carbocycles. The average molecular weight is 439 g/mol. The van der Waals surface area contributed by atoms with Crippen molar-refractivity contribution in [3.63, 3.8) is 0 Å². The summed E-state index contributed by atoms with van der Waals surface area (Å²) in [6.45, 7) is 4.40. The van der Waals surface area contributed by atoms with Gasteiger partial charge in [-0.15, -0.1) is 5.10 Å². The van der Waals surface area contributed by atoms with Gasteiger partial charge in [0.15, 0.2) is 5.82 Å². The highest BCUT2D eigenvalue weighted by molar-refractivity contribution is 5.94. The zero-order chi connectivity index (χ0) is 22.3. The molecule has 1 N–H and O–H groups in total. The number of aliphatic hydroxyl groups excluding tert-OH is 1. The van der Waals surface area contributed by atoms with E-state index in [0.29, 0.717) is 35.9 Å². The quantitative estimate of drug-likeness (QED) is 0.652. The van der Waals surface area contributed by atoms with E-state index in [1.165, 1.54) is 11.0 Å². The lowest BCUT2D eigenvalue weighted by molar-refractivity contribution is -0.138. The first-order chi connectivity index (χ1) is 15.5. The molecular weight excluding hydrogens is 414 g/mol. The van der Waals surface area contributed by atoms with Gasteiger partial charge in [0.2, 0.25) is 5.91 Å². The number of esters is 1. The summed E-state index contributed by atoms with van der Waals surface area (Å²) in [6.07, 6.45) is 2.94. The number of aromatic nitrogens is 5. The Bertz CT molecular complexity index is 1060. The van der Waals surface area contributed by atoms with Crippen LogP contribution in [0.5, 0.6) is 0 Å². The van der Waals surface area contributed by atoms with Crippen LogP contribution in [0.4, 0.5) is 0 Å². The van der Waals surface area contributed by atoms with Gasteiger partial charge >= 0.3 is 5.97 Å². The fourth-order valence-corrected chi connectivity index (χ4v) is 4.81. The third kappa shape index (κ3) is 3.56. The summed E-state index contributed by atoms with van der Waals surface area (Å²) >= 11 is 0. The fraction of sp³-hybridized carbons (Fsp3) is 0.524. The van der Waals surface area contributed by atoms with Gasteiger partial charge in [-0.2, -0.15) is 4.68 Å². The summed E-state index contributed by atoms with van der Waals surface area (Å²) in [5.41, 5.74) is 1.41. The Labute approximate surface area is 184 Å². The number of nitrogens with zero attached hydrogens (tertiary/aromatic N) is 7. The standard InChI is InChI=1S/C21H25N7O4/c1-14-16(12-32-19(14)30)27-10-7-21(20(27)31)5-8-26(9-6-21)11-17(29)15-3-2-4-18(23-15)28-13-22-24-25-28/h2-4,13,17,29H,5-12H2,1H3/t17-/m0/s1. The number of amides is 1. The van der Waals surface area contributed by atoms with Crippen molar-refractivity contribution < 1.29 is 19.4 Å². The van der Waals surface area contributed by atoms with E-state index in [9.17, 15) is 14.7 Å². The van der Waals surface area contributed by atoms with Gasteiger partial charge in [0, 0.05) is 13.1 Å². The summed E-state index contributed by atoms with van der Waals surface area (Å²) in [4.78, 5) is 33.3. The first-order valence-corrected chi connectivity index (χ1v) is 10.8. The normalized spacial score (nSPS) is 22.1. The van der Waals surface area contributed by atoms with E-state index >= 15 is 0 Å². The second-order valence-electron chi connectivity index (χ2n) is 8.63. The van der Waals surface area contributed by atoms with Crippen molar-refractivity contribution in [1.82, 2.24) is 35.0 Å². The van der Waals surface area contributed by atoms with Crippen LogP contribution in [0.25, 0.3) is 5.82 Å². The molecule has 5 heterocycles. The number of carbonyl (C=O) groups is 2. The molecule has 0 saturated carbocycles. The van der Waals surface area contributed by atoms with E-state index in [2.05, 4.69) is 25.4 Å². The van der Waals surface area contributed by atoms with Crippen molar-refractivity contribution in [3.05, 3.63) is 41.5 Å². The van der Waals surface area contributed by atoms with Crippen LogP contribution in [0.2, 0.25) is 0 Å². The molecule has 168 valence electrons. The SMILES string of the molecule is CC1=C(N2CCC3(CCN(C[C@H](O)c4cccc(-n5cnnn5)n4)CC3)C2=O)COC1=O. The summed E-state index contributed by atoms with van der Waals surface area (Å²) in [5.74, 6) is 0.302. The van der Waals surface area contributed by atoms with E-state index in [4.69, 9.17) is 4.74 Å². The number of ether oxygens (including phenoxy) is 1. The Hall–Kier alpha value is -3.18. The molecule has 1 atom stereocenters. The monoisotopic (exact) mass is 439 g/mol. The van der Waals surface area contributed by atoms with E-state index in [1.807, 2.05) is 6.07 Å². The number of β-amino-alcohol motifs (C(OH)–C–C–N with tert-alkyl or cyclic N) is 1. The molecule has 2 fully saturated rings. The lowest BCUT2D eigenvalue weighted by atomic mass is 9.77. The number of hydrogen-bond donors (Lipinski definition) is 1. The van der Waals surface area contributed by atoms with Crippen LogP contribution in [0.3, 0.4) is 0 Å². The largest absolute Gasteiger partial charge is 0.456 e. The zero-order valence-electron chi connectivity index (χ0n) is 17.8. The summed E-state index contributed by atoms with van der Waals surface area (Å²) < 4.78 is 6.53. The van der Waals surface area contributed by atoms with Crippen LogP contribution >= 0.6 is 0 Å². The van der Waals surface area contributed by atoms with Gasteiger partial charge < -0.3 is 19.6 Å². The highest BCUT2D eigenvalue weighted by Crippen LogP contribution is 2.43. The first kappa shape index (κ1) is 20.7. The third-order valence-corrected chi connectivity index (χ3v) is 6.84. The predicted molar refractivity (Wildman–Crippen MR) is 110 cm³/mol. The van der Waals surface area contributed by atoms with Gasteiger partial charge in [-0.1, -0.05) is 6.07 Å². The van der Waals surface area contributed by atoms with Crippen molar-refractivity contribution in [1.29, 1.82) is 0 Å². The molecule has 0 radical (unpaired) electrons. The van der Waals surface area contributed by atoms with Crippen LogP contribution in [0.1, 0.15) is 38.0 Å². The average Bonchev–Trinajstić information content (AvgIpc) is 3.53. The van der Waals surface area contributed by atoms with Crippen molar-refractivity contribution >= 4 is 11.9 Å². The minimum atomic E-state index is -0.759. The van der Waals surface area contributed by atoms with E-state index in [-0.39, 0.29) is 18.5 Å². The lowest BCUT2D eigenvalue weighted by Crippen LogP contribution is -2.45. The molecule has 0 unspecified atom stereocenters. The second-order valence-corrected chi connectivity index (χ2v) is 8.63. The molecule has 5 rings (SSSR count). The summed E-state index contributed by atoms with van der Waals surface area (Å²) in [7, 11) is 0. The molecule has 0 bridgehead atoms. The molecule has 3 aliphatic rings. The smallest absolute Gasteiger partial charge is 0.336 e. The number of likely N-dealkylation sites (tertiary alicyclic amines) is 2. The minimum absolute atomic E-state index is 0.0983. The second kappa shape index (κ2) is 8.06.